The van der Waals surface area contributed by atoms with Crippen LogP contribution in [0.1, 0.15) is 34.3 Å². The Morgan fingerprint density at radius 3 is 2.79 bits per heavy atom. The lowest BCUT2D eigenvalue weighted by Gasteiger charge is -2.11. The molecule has 2 heterocycles. The number of carbonyl (C=O) groups is 2. The number of thioether (sulfide) groups is 1. The molecular weight excluding hydrogens is 390 g/mol. The van der Waals surface area contributed by atoms with Crippen LogP contribution in [0.5, 0.6) is 0 Å². The van der Waals surface area contributed by atoms with Gasteiger partial charge in [0, 0.05) is 23.7 Å². The summed E-state index contributed by atoms with van der Waals surface area (Å²) in [6, 6.07) is 12.6. The second-order valence-electron chi connectivity index (χ2n) is 6.21. The lowest BCUT2D eigenvalue weighted by Crippen LogP contribution is -2.21. The van der Waals surface area contributed by atoms with Crippen molar-refractivity contribution in [2.24, 2.45) is 0 Å². The predicted molar refractivity (Wildman–Crippen MR) is 110 cm³/mol. The molecule has 0 radical (unpaired) electrons. The van der Waals surface area contributed by atoms with Crippen LogP contribution < -0.4 is 5.32 Å². The van der Waals surface area contributed by atoms with Crippen LogP contribution in [0, 0.1) is 6.92 Å². The van der Waals surface area contributed by atoms with Gasteiger partial charge in [-0.25, -0.2) is 9.78 Å². The minimum Gasteiger partial charge on any atom is -0.452 e. The highest BCUT2D eigenvalue weighted by Crippen LogP contribution is 2.24. The molecule has 3 aromatic rings. The third kappa shape index (κ3) is 5.68. The maximum atomic E-state index is 12.5. The number of hydrogen-bond donors (Lipinski definition) is 1. The summed E-state index contributed by atoms with van der Waals surface area (Å²) in [5.41, 5.74) is 2.80. The summed E-state index contributed by atoms with van der Waals surface area (Å²) in [6.07, 6.45) is 2.39. The number of amides is 1. The number of aromatic nitrogens is 2. The average molecular weight is 411 g/mol. The van der Waals surface area contributed by atoms with Gasteiger partial charge in [0.2, 0.25) is 0 Å². The van der Waals surface area contributed by atoms with E-state index >= 15 is 0 Å². The smallest absolute Gasteiger partial charge is 0.341 e. The van der Waals surface area contributed by atoms with Crippen molar-refractivity contribution < 1.29 is 18.8 Å². The molecule has 1 amide bonds. The van der Waals surface area contributed by atoms with E-state index in [0.717, 1.165) is 29.1 Å². The van der Waals surface area contributed by atoms with Crippen LogP contribution in [0.15, 0.2) is 58.2 Å². The van der Waals surface area contributed by atoms with Crippen LogP contribution in [0.2, 0.25) is 0 Å². The molecule has 0 fully saturated rings. The minimum atomic E-state index is -0.601. The summed E-state index contributed by atoms with van der Waals surface area (Å²) in [5.74, 6) is 0.228. The molecule has 1 aromatic carbocycles. The van der Waals surface area contributed by atoms with E-state index in [1.165, 1.54) is 11.8 Å². The van der Waals surface area contributed by atoms with Crippen molar-refractivity contribution in [2.45, 2.75) is 31.0 Å². The van der Waals surface area contributed by atoms with Crippen LogP contribution in [0.25, 0.3) is 0 Å². The Labute approximate surface area is 172 Å². The van der Waals surface area contributed by atoms with Gasteiger partial charge in [0.05, 0.1) is 11.3 Å². The van der Waals surface area contributed by atoms with Gasteiger partial charge in [-0.1, -0.05) is 42.0 Å². The highest BCUT2D eigenvalue weighted by molar-refractivity contribution is 7.98. The summed E-state index contributed by atoms with van der Waals surface area (Å²) < 4.78 is 10.2. The van der Waals surface area contributed by atoms with E-state index in [-0.39, 0.29) is 6.61 Å². The normalized spacial score (nSPS) is 10.6. The maximum Gasteiger partial charge on any atom is 0.341 e. The SMILES string of the molecule is CCc1ccccc1NC(=O)COC(=O)c1cccnc1SCc1cc(C)on1. The molecule has 150 valence electrons. The van der Waals surface area contributed by atoms with Crippen molar-refractivity contribution in [3.05, 3.63) is 71.2 Å². The molecule has 0 bridgehead atoms. The van der Waals surface area contributed by atoms with Gasteiger partial charge in [0.15, 0.2) is 6.61 Å². The molecule has 8 heteroatoms. The van der Waals surface area contributed by atoms with E-state index in [0.29, 0.717) is 16.3 Å². The number of nitrogens with one attached hydrogen (secondary N) is 1. The number of rotatable bonds is 8. The Morgan fingerprint density at radius 1 is 1.21 bits per heavy atom. The summed E-state index contributed by atoms with van der Waals surface area (Å²) in [5, 5.41) is 7.21. The number of pyridine rings is 1. The van der Waals surface area contributed by atoms with Crippen molar-refractivity contribution >= 4 is 29.3 Å². The Bertz CT molecular complexity index is 1000. The molecule has 0 aliphatic heterocycles. The fraction of sp³-hybridized carbons (Fsp3) is 0.238. The first-order valence-corrected chi connectivity index (χ1v) is 10.1. The van der Waals surface area contributed by atoms with Gasteiger partial charge in [-0.3, -0.25) is 4.79 Å². The van der Waals surface area contributed by atoms with Gasteiger partial charge in [0.25, 0.3) is 5.91 Å². The van der Waals surface area contributed by atoms with Crippen molar-refractivity contribution in [1.29, 1.82) is 0 Å². The topological polar surface area (TPSA) is 94.3 Å². The van der Waals surface area contributed by atoms with Crippen LogP contribution in [-0.4, -0.2) is 28.6 Å². The van der Waals surface area contributed by atoms with Crippen LogP contribution in [-0.2, 0) is 21.7 Å². The maximum absolute atomic E-state index is 12.5. The minimum absolute atomic E-state index is 0.305. The molecular formula is C21H21N3O4S. The first-order valence-electron chi connectivity index (χ1n) is 9.11. The van der Waals surface area contributed by atoms with E-state index in [1.54, 1.807) is 18.3 Å². The van der Waals surface area contributed by atoms with Crippen molar-refractivity contribution in [1.82, 2.24) is 10.1 Å². The summed E-state index contributed by atoms with van der Waals surface area (Å²) >= 11 is 1.35. The van der Waals surface area contributed by atoms with E-state index in [4.69, 9.17) is 9.26 Å². The van der Waals surface area contributed by atoms with Gasteiger partial charge >= 0.3 is 5.97 Å². The zero-order valence-corrected chi connectivity index (χ0v) is 17.0. The third-order valence-corrected chi connectivity index (χ3v) is 5.07. The predicted octanol–water partition coefficient (Wildman–Crippen LogP) is 4.03. The Hall–Kier alpha value is -3.13. The van der Waals surface area contributed by atoms with Crippen LogP contribution in [0.3, 0.4) is 0 Å². The molecule has 7 nitrogen and oxygen atoms in total. The lowest BCUT2D eigenvalue weighted by molar-refractivity contribution is -0.119. The number of para-hydroxylation sites is 1. The third-order valence-electron chi connectivity index (χ3n) is 4.03. The van der Waals surface area contributed by atoms with Gasteiger partial charge in [-0.05, 0) is 37.1 Å². The number of aryl methyl sites for hydroxylation is 2. The molecule has 0 atom stereocenters. The average Bonchev–Trinajstić information content (AvgIpc) is 3.16. The molecule has 0 saturated heterocycles. The largest absolute Gasteiger partial charge is 0.452 e. The number of esters is 1. The van der Waals surface area contributed by atoms with Gasteiger partial charge in [-0.2, -0.15) is 0 Å². The van der Waals surface area contributed by atoms with E-state index < -0.39 is 11.9 Å². The number of hydrogen-bond acceptors (Lipinski definition) is 7. The van der Waals surface area contributed by atoms with Crippen molar-refractivity contribution in [3.63, 3.8) is 0 Å². The van der Waals surface area contributed by atoms with Crippen LogP contribution >= 0.6 is 11.8 Å². The fourth-order valence-electron chi connectivity index (χ4n) is 2.64. The molecule has 0 saturated carbocycles. The highest BCUT2D eigenvalue weighted by Gasteiger charge is 2.17. The second kappa shape index (κ2) is 9.88. The van der Waals surface area contributed by atoms with Crippen LogP contribution in [0.4, 0.5) is 5.69 Å². The first kappa shape index (κ1) is 20.6. The zero-order valence-electron chi connectivity index (χ0n) is 16.2. The molecule has 3 rings (SSSR count). The molecule has 2 aromatic heterocycles. The monoisotopic (exact) mass is 411 g/mol. The fourth-order valence-corrected chi connectivity index (χ4v) is 3.50. The number of nitrogens with zero attached hydrogens (tertiary/aromatic N) is 2. The van der Waals surface area contributed by atoms with Gasteiger partial charge in [0.1, 0.15) is 10.8 Å². The van der Waals surface area contributed by atoms with Crippen molar-refractivity contribution in [3.8, 4) is 0 Å². The number of benzene rings is 1. The standard InChI is InChI=1S/C21H21N3O4S/c1-3-15-7-4-5-9-18(15)23-19(25)12-27-21(26)17-8-6-10-22-20(17)29-13-16-11-14(2)28-24-16/h4-11H,3,12-13H2,1-2H3,(H,23,25). The molecule has 29 heavy (non-hydrogen) atoms. The molecule has 0 aliphatic rings. The number of ether oxygens (including phenoxy) is 1. The quantitative estimate of drug-likeness (QED) is 0.442. The zero-order chi connectivity index (χ0) is 20.6. The van der Waals surface area contributed by atoms with Gasteiger partial charge in [-0.15, -0.1) is 0 Å². The molecule has 0 spiro atoms. The Balaban J connectivity index is 1.58. The van der Waals surface area contributed by atoms with E-state index in [9.17, 15) is 9.59 Å². The molecule has 0 unspecified atom stereocenters. The van der Waals surface area contributed by atoms with E-state index in [2.05, 4.69) is 15.5 Å². The summed E-state index contributed by atoms with van der Waals surface area (Å²) in [6.45, 7) is 3.44. The lowest BCUT2D eigenvalue weighted by atomic mass is 10.1. The van der Waals surface area contributed by atoms with E-state index in [1.807, 2.05) is 44.2 Å². The summed E-state index contributed by atoms with van der Waals surface area (Å²) in [4.78, 5) is 28.9. The Morgan fingerprint density at radius 2 is 2.03 bits per heavy atom. The first-order chi connectivity index (χ1) is 14.1. The second-order valence-corrected chi connectivity index (χ2v) is 7.17. The number of carbonyl (C=O) groups excluding carboxylic acids is 2. The number of anilines is 1. The van der Waals surface area contributed by atoms with Crippen molar-refractivity contribution in [2.75, 3.05) is 11.9 Å². The molecule has 0 aliphatic carbocycles. The highest BCUT2D eigenvalue weighted by atomic mass is 32.2. The Kier molecular flexibility index (Phi) is 7.02. The molecule has 1 N–H and O–H groups in total. The summed E-state index contributed by atoms with van der Waals surface area (Å²) in [7, 11) is 0. The van der Waals surface area contributed by atoms with Gasteiger partial charge < -0.3 is 14.6 Å².